The van der Waals surface area contributed by atoms with Crippen LogP contribution in [0.4, 0.5) is 0 Å². The van der Waals surface area contributed by atoms with E-state index in [4.69, 9.17) is 4.74 Å². The zero-order valence-corrected chi connectivity index (χ0v) is 13.8. The van der Waals surface area contributed by atoms with Gasteiger partial charge in [-0.3, -0.25) is 4.90 Å². The Morgan fingerprint density at radius 3 is 2.40 bits per heavy atom. The largest absolute Gasteiger partial charge is 0.391 e. The Labute approximate surface area is 124 Å². The minimum Gasteiger partial charge on any atom is -0.391 e. The Kier molecular flexibility index (Phi) is 5.49. The average molecular weight is 283 g/mol. The summed E-state index contributed by atoms with van der Waals surface area (Å²) < 4.78 is 5.47. The second-order valence-electron chi connectivity index (χ2n) is 7.28. The molecule has 1 heterocycles. The van der Waals surface area contributed by atoms with Gasteiger partial charge in [0.05, 0.1) is 19.3 Å². The van der Waals surface area contributed by atoms with Crippen molar-refractivity contribution in [1.82, 2.24) is 4.90 Å². The van der Waals surface area contributed by atoms with E-state index in [9.17, 15) is 5.11 Å². The Morgan fingerprint density at radius 2 is 1.85 bits per heavy atom. The lowest BCUT2D eigenvalue weighted by Crippen LogP contribution is -2.60. The highest BCUT2D eigenvalue weighted by molar-refractivity contribution is 4.97. The van der Waals surface area contributed by atoms with Gasteiger partial charge in [-0.2, -0.15) is 0 Å². The number of hydrogen-bond acceptors (Lipinski definition) is 3. The van der Waals surface area contributed by atoms with Crippen molar-refractivity contribution < 1.29 is 9.84 Å². The SMILES string of the molecule is CCC(C)(C(O)C1CCC(C)C(C)C1)N1CCOCC1. The Morgan fingerprint density at radius 1 is 1.20 bits per heavy atom. The Balaban J connectivity index is 2.05. The summed E-state index contributed by atoms with van der Waals surface area (Å²) in [5, 5.41) is 11.1. The van der Waals surface area contributed by atoms with Crippen molar-refractivity contribution in [1.29, 1.82) is 0 Å². The highest BCUT2D eigenvalue weighted by Gasteiger charge is 2.43. The summed E-state index contributed by atoms with van der Waals surface area (Å²) in [4.78, 5) is 2.46. The normalized spacial score (nSPS) is 37.4. The molecule has 1 N–H and O–H groups in total. The first-order chi connectivity index (χ1) is 9.49. The van der Waals surface area contributed by atoms with Gasteiger partial charge in [0.2, 0.25) is 0 Å². The molecule has 2 fully saturated rings. The third-order valence-corrected chi connectivity index (χ3v) is 6.17. The molecule has 0 aromatic heterocycles. The summed E-state index contributed by atoms with van der Waals surface area (Å²) in [6.07, 6.45) is 4.44. The quantitative estimate of drug-likeness (QED) is 0.861. The van der Waals surface area contributed by atoms with Crippen LogP contribution in [0.25, 0.3) is 0 Å². The summed E-state index contributed by atoms with van der Waals surface area (Å²) in [7, 11) is 0. The molecule has 1 saturated carbocycles. The zero-order chi connectivity index (χ0) is 14.8. The van der Waals surface area contributed by atoms with Crippen LogP contribution in [-0.2, 0) is 4.74 Å². The predicted molar refractivity (Wildman–Crippen MR) is 82.8 cm³/mol. The summed E-state index contributed by atoms with van der Waals surface area (Å²) in [6, 6.07) is 0. The smallest absolute Gasteiger partial charge is 0.0749 e. The first kappa shape index (κ1) is 16.3. The number of hydrogen-bond donors (Lipinski definition) is 1. The third-order valence-electron chi connectivity index (χ3n) is 6.17. The van der Waals surface area contributed by atoms with Gasteiger partial charge < -0.3 is 9.84 Å². The maximum Gasteiger partial charge on any atom is 0.0749 e. The van der Waals surface area contributed by atoms with Crippen molar-refractivity contribution >= 4 is 0 Å². The number of rotatable bonds is 4. The summed E-state index contributed by atoms with van der Waals surface area (Å²) in [5.74, 6) is 2.03. The monoisotopic (exact) mass is 283 g/mol. The molecule has 20 heavy (non-hydrogen) atoms. The molecule has 0 aromatic carbocycles. The second-order valence-corrected chi connectivity index (χ2v) is 7.28. The molecular formula is C17H33NO2. The van der Waals surface area contributed by atoms with E-state index in [0.29, 0.717) is 5.92 Å². The van der Waals surface area contributed by atoms with Crippen molar-refractivity contribution in [2.45, 2.75) is 65.0 Å². The average Bonchev–Trinajstić information content (AvgIpc) is 2.49. The van der Waals surface area contributed by atoms with Gasteiger partial charge in [0, 0.05) is 18.6 Å². The topological polar surface area (TPSA) is 32.7 Å². The second kappa shape index (κ2) is 6.76. The molecule has 5 atom stereocenters. The van der Waals surface area contributed by atoms with Crippen LogP contribution in [0.5, 0.6) is 0 Å². The molecule has 5 unspecified atom stereocenters. The van der Waals surface area contributed by atoms with Crippen LogP contribution >= 0.6 is 0 Å². The summed E-state index contributed by atoms with van der Waals surface area (Å²) in [6.45, 7) is 12.7. The lowest BCUT2D eigenvalue weighted by molar-refractivity contribution is -0.0994. The number of morpholine rings is 1. The highest BCUT2D eigenvalue weighted by atomic mass is 16.5. The number of aliphatic hydroxyl groups is 1. The summed E-state index contributed by atoms with van der Waals surface area (Å²) in [5.41, 5.74) is -0.0885. The molecule has 2 aliphatic rings. The van der Waals surface area contributed by atoms with Crippen LogP contribution in [0.1, 0.15) is 53.4 Å². The van der Waals surface area contributed by atoms with Gasteiger partial charge in [0.25, 0.3) is 0 Å². The van der Waals surface area contributed by atoms with E-state index < -0.39 is 0 Å². The molecule has 0 bridgehead atoms. The van der Waals surface area contributed by atoms with Crippen molar-refractivity contribution in [2.75, 3.05) is 26.3 Å². The maximum absolute atomic E-state index is 11.1. The van der Waals surface area contributed by atoms with Crippen LogP contribution in [-0.4, -0.2) is 48.0 Å². The molecular weight excluding hydrogens is 250 g/mol. The highest BCUT2D eigenvalue weighted by Crippen LogP contribution is 2.40. The molecule has 0 radical (unpaired) electrons. The minimum atomic E-state index is -0.208. The molecule has 1 aliphatic heterocycles. The van der Waals surface area contributed by atoms with E-state index in [1.54, 1.807) is 0 Å². The first-order valence-corrected chi connectivity index (χ1v) is 8.50. The van der Waals surface area contributed by atoms with E-state index in [2.05, 4.69) is 32.6 Å². The van der Waals surface area contributed by atoms with Gasteiger partial charge in [-0.05, 0) is 43.9 Å². The van der Waals surface area contributed by atoms with Crippen molar-refractivity contribution in [2.24, 2.45) is 17.8 Å². The fourth-order valence-corrected chi connectivity index (χ4v) is 4.08. The standard InChI is InChI=1S/C17H33NO2/c1-5-17(4,18-8-10-20-11-9-18)16(19)15-7-6-13(2)14(3)12-15/h13-16,19H,5-12H2,1-4H3. The van der Waals surface area contributed by atoms with Crippen LogP contribution in [0, 0.1) is 17.8 Å². The number of nitrogens with zero attached hydrogens (tertiary/aromatic N) is 1. The maximum atomic E-state index is 11.1. The lowest BCUT2D eigenvalue weighted by Gasteiger charge is -2.49. The molecule has 0 spiro atoms. The van der Waals surface area contributed by atoms with Gasteiger partial charge >= 0.3 is 0 Å². The van der Waals surface area contributed by atoms with Crippen LogP contribution in [0.15, 0.2) is 0 Å². The Hall–Kier alpha value is -0.120. The molecule has 3 nitrogen and oxygen atoms in total. The van der Waals surface area contributed by atoms with E-state index in [1.165, 1.54) is 19.3 Å². The minimum absolute atomic E-state index is 0.0885. The van der Waals surface area contributed by atoms with Crippen molar-refractivity contribution in [3.8, 4) is 0 Å². The molecule has 118 valence electrons. The molecule has 1 aliphatic carbocycles. The first-order valence-electron chi connectivity index (χ1n) is 8.50. The third kappa shape index (κ3) is 3.20. The van der Waals surface area contributed by atoms with Crippen molar-refractivity contribution in [3.05, 3.63) is 0 Å². The van der Waals surface area contributed by atoms with E-state index in [1.807, 2.05) is 0 Å². The van der Waals surface area contributed by atoms with E-state index in [0.717, 1.165) is 44.6 Å². The molecule has 0 aromatic rings. The number of aliphatic hydroxyl groups excluding tert-OH is 1. The fourth-order valence-electron chi connectivity index (χ4n) is 4.08. The lowest BCUT2D eigenvalue weighted by atomic mass is 9.69. The van der Waals surface area contributed by atoms with Crippen LogP contribution < -0.4 is 0 Å². The van der Waals surface area contributed by atoms with Gasteiger partial charge in [0.15, 0.2) is 0 Å². The molecule has 3 heteroatoms. The number of ether oxygens (including phenoxy) is 1. The van der Waals surface area contributed by atoms with Gasteiger partial charge in [-0.25, -0.2) is 0 Å². The van der Waals surface area contributed by atoms with E-state index >= 15 is 0 Å². The van der Waals surface area contributed by atoms with Crippen molar-refractivity contribution in [3.63, 3.8) is 0 Å². The van der Waals surface area contributed by atoms with Gasteiger partial charge in [0.1, 0.15) is 0 Å². The molecule has 2 rings (SSSR count). The zero-order valence-electron chi connectivity index (χ0n) is 13.8. The molecule has 0 amide bonds. The van der Waals surface area contributed by atoms with Crippen LogP contribution in [0.2, 0.25) is 0 Å². The summed E-state index contributed by atoms with van der Waals surface area (Å²) >= 11 is 0. The predicted octanol–water partition coefficient (Wildman–Crippen LogP) is 2.92. The fraction of sp³-hybridized carbons (Fsp3) is 1.00. The Bertz CT molecular complexity index is 303. The van der Waals surface area contributed by atoms with Gasteiger partial charge in [-0.15, -0.1) is 0 Å². The van der Waals surface area contributed by atoms with Gasteiger partial charge in [-0.1, -0.05) is 27.2 Å². The van der Waals surface area contributed by atoms with E-state index in [-0.39, 0.29) is 11.6 Å². The molecule has 1 saturated heterocycles. The van der Waals surface area contributed by atoms with Crippen LogP contribution in [0.3, 0.4) is 0 Å².